The topological polar surface area (TPSA) is 99.5 Å². The van der Waals surface area contributed by atoms with Crippen molar-refractivity contribution >= 4 is 22.6 Å². The van der Waals surface area contributed by atoms with Crippen molar-refractivity contribution in [2.75, 3.05) is 39.1 Å². The molecule has 0 bridgehead atoms. The van der Waals surface area contributed by atoms with E-state index in [-0.39, 0.29) is 6.03 Å². The van der Waals surface area contributed by atoms with E-state index in [0.717, 1.165) is 36.9 Å². The molecule has 2 amide bonds. The van der Waals surface area contributed by atoms with Gasteiger partial charge in [0, 0.05) is 30.4 Å². The normalized spacial score (nSPS) is 14.4. The van der Waals surface area contributed by atoms with Gasteiger partial charge in [0.1, 0.15) is 23.3 Å². The quantitative estimate of drug-likeness (QED) is 0.555. The summed E-state index contributed by atoms with van der Waals surface area (Å²) < 4.78 is 12.2. The second-order valence-corrected chi connectivity index (χ2v) is 8.63. The van der Waals surface area contributed by atoms with Crippen molar-refractivity contribution < 1.29 is 14.3 Å². The first-order valence-electron chi connectivity index (χ1n) is 11.4. The van der Waals surface area contributed by atoms with Crippen molar-refractivity contribution in [3.8, 4) is 23.3 Å². The summed E-state index contributed by atoms with van der Waals surface area (Å²) in [6.45, 7) is 4.63. The summed E-state index contributed by atoms with van der Waals surface area (Å²) in [7, 11) is 3.70. The Balaban J connectivity index is 1.54. The molecule has 2 heterocycles. The zero-order valence-corrected chi connectivity index (χ0v) is 19.7. The van der Waals surface area contributed by atoms with Crippen LogP contribution in [0, 0.1) is 24.2 Å². The fraction of sp³-hybridized carbons (Fsp3) is 0.346. The summed E-state index contributed by atoms with van der Waals surface area (Å²) in [4.78, 5) is 18.4. The summed E-state index contributed by atoms with van der Waals surface area (Å²) in [6.07, 6.45) is 3.87. The number of amides is 2. The number of aryl methyl sites for hydroxylation is 1. The Morgan fingerprint density at radius 1 is 1.21 bits per heavy atom. The lowest BCUT2D eigenvalue weighted by molar-refractivity contribution is 0.160. The first-order valence-corrected chi connectivity index (χ1v) is 11.4. The lowest BCUT2D eigenvalue weighted by Gasteiger charge is -2.28. The number of pyridine rings is 1. The summed E-state index contributed by atoms with van der Waals surface area (Å²) in [5, 5.41) is 15.8. The lowest BCUT2D eigenvalue weighted by atomic mass is 9.98. The maximum atomic E-state index is 11.6. The number of nitriles is 1. The molecule has 3 aromatic rings. The number of nitrogens with zero attached hydrogens (tertiary/aromatic N) is 3. The molecule has 4 rings (SSSR count). The van der Waals surface area contributed by atoms with Crippen LogP contribution in [0.5, 0.6) is 17.2 Å². The fourth-order valence-electron chi connectivity index (χ4n) is 4.03. The van der Waals surface area contributed by atoms with Gasteiger partial charge in [-0.25, -0.2) is 4.79 Å². The zero-order valence-electron chi connectivity index (χ0n) is 19.7. The number of likely N-dealkylation sites (tertiary alicyclic amines) is 1. The van der Waals surface area contributed by atoms with E-state index < -0.39 is 0 Å². The molecule has 1 aliphatic heterocycles. The van der Waals surface area contributed by atoms with Crippen molar-refractivity contribution in [3.63, 3.8) is 0 Å². The molecular formula is C26H29N5O3. The van der Waals surface area contributed by atoms with Gasteiger partial charge in [-0.2, -0.15) is 5.26 Å². The second-order valence-electron chi connectivity index (χ2n) is 8.63. The second kappa shape index (κ2) is 10.4. The Hall–Kier alpha value is -3.83. The van der Waals surface area contributed by atoms with Crippen molar-refractivity contribution in [3.05, 3.63) is 53.7 Å². The first kappa shape index (κ1) is 23.3. The van der Waals surface area contributed by atoms with Crippen LogP contribution >= 0.6 is 0 Å². The van der Waals surface area contributed by atoms with Crippen molar-refractivity contribution in [2.24, 2.45) is 5.92 Å². The molecule has 0 radical (unpaired) electrons. The predicted octanol–water partition coefficient (Wildman–Crippen LogP) is 4.68. The van der Waals surface area contributed by atoms with Crippen LogP contribution in [0.25, 0.3) is 10.9 Å². The molecule has 0 aliphatic carbocycles. The number of anilines is 1. The van der Waals surface area contributed by atoms with E-state index in [4.69, 9.17) is 9.47 Å². The molecule has 0 saturated carbocycles. The molecule has 0 spiro atoms. The van der Waals surface area contributed by atoms with E-state index in [9.17, 15) is 10.1 Å². The van der Waals surface area contributed by atoms with Crippen molar-refractivity contribution in [1.29, 1.82) is 5.26 Å². The van der Waals surface area contributed by atoms with E-state index in [1.54, 1.807) is 37.5 Å². The van der Waals surface area contributed by atoms with E-state index in [1.165, 1.54) is 0 Å². The third-order valence-electron chi connectivity index (χ3n) is 6.14. The average Bonchev–Trinajstić information content (AvgIpc) is 2.85. The van der Waals surface area contributed by atoms with Gasteiger partial charge in [0.25, 0.3) is 0 Å². The third-order valence-corrected chi connectivity index (χ3v) is 6.14. The molecule has 8 nitrogen and oxygen atoms in total. The first-order chi connectivity index (χ1) is 16.5. The van der Waals surface area contributed by atoms with Gasteiger partial charge in [0.15, 0.2) is 0 Å². The summed E-state index contributed by atoms with van der Waals surface area (Å²) in [5.41, 5.74) is 2.72. The fourth-order valence-corrected chi connectivity index (χ4v) is 4.03. The van der Waals surface area contributed by atoms with Crippen LogP contribution in [0.2, 0.25) is 0 Å². The van der Waals surface area contributed by atoms with E-state index >= 15 is 0 Å². The van der Waals surface area contributed by atoms with Crippen LogP contribution < -0.4 is 20.1 Å². The van der Waals surface area contributed by atoms with Crippen LogP contribution in [-0.2, 0) is 0 Å². The van der Waals surface area contributed by atoms with Crippen LogP contribution in [-0.4, -0.2) is 49.7 Å². The molecule has 1 aromatic heterocycles. The van der Waals surface area contributed by atoms with Crippen LogP contribution in [0.1, 0.15) is 24.0 Å². The maximum absolute atomic E-state index is 11.6. The highest BCUT2D eigenvalue weighted by atomic mass is 16.5. The smallest absolute Gasteiger partial charge is 0.318 e. The average molecular weight is 460 g/mol. The molecule has 34 heavy (non-hydrogen) atoms. The molecule has 1 aliphatic rings. The van der Waals surface area contributed by atoms with Gasteiger partial charge in [0.05, 0.1) is 17.7 Å². The third kappa shape index (κ3) is 5.38. The van der Waals surface area contributed by atoms with Gasteiger partial charge in [-0.05, 0) is 81.7 Å². The molecule has 0 atom stereocenters. The molecule has 8 heteroatoms. The largest absolute Gasteiger partial charge is 0.492 e. The van der Waals surface area contributed by atoms with Crippen LogP contribution in [0.15, 0.2) is 42.6 Å². The summed E-state index contributed by atoms with van der Waals surface area (Å²) in [6, 6.07) is 12.8. The highest BCUT2D eigenvalue weighted by Crippen LogP contribution is 2.34. The number of aromatic nitrogens is 1. The van der Waals surface area contributed by atoms with Gasteiger partial charge < -0.3 is 25.0 Å². The van der Waals surface area contributed by atoms with Gasteiger partial charge in [-0.15, -0.1) is 0 Å². The number of nitrogens with one attached hydrogen (secondary N) is 2. The number of hydrogen-bond donors (Lipinski definition) is 2. The minimum absolute atomic E-state index is 0.283. The van der Waals surface area contributed by atoms with Gasteiger partial charge in [-0.3, -0.25) is 4.98 Å². The number of hydrogen-bond acceptors (Lipinski definition) is 6. The summed E-state index contributed by atoms with van der Waals surface area (Å²) >= 11 is 0. The number of carbonyl (C=O) groups excluding carboxylic acids is 1. The minimum Gasteiger partial charge on any atom is -0.492 e. The van der Waals surface area contributed by atoms with Gasteiger partial charge in [0.2, 0.25) is 0 Å². The maximum Gasteiger partial charge on any atom is 0.318 e. The number of ether oxygens (including phenoxy) is 2. The predicted molar refractivity (Wildman–Crippen MR) is 132 cm³/mol. The Morgan fingerprint density at radius 3 is 2.71 bits per heavy atom. The number of fused-ring (bicyclic) bond motifs is 1. The number of rotatable bonds is 6. The Labute approximate surface area is 199 Å². The zero-order chi connectivity index (χ0) is 24.1. The SMILES string of the molecule is CNC(=O)Nc1ccc(Oc2ccnc3cc(OCC4CCN(C)CC4)c(C#N)cc23)cc1C. The number of carbonyl (C=O) groups is 1. The van der Waals surface area contributed by atoms with E-state index in [1.807, 2.05) is 19.1 Å². The Kier molecular flexibility index (Phi) is 7.14. The molecule has 176 valence electrons. The Bertz CT molecular complexity index is 1230. The molecule has 2 N–H and O–H groups in total. The monoisotopic (exact) mass is 459 g/mol. The number of piperidine rings is 1. The number of urea groups is 1. The van der Waals surface area contributed by atoms with Gasteiger partial charge >= 0.3 is 6.03 Å². The van der Waals surface area contributed by atoms with E-state index in [2.05, 4.69) is 33.6 Å². The van der Waals surface area contributed by atoms with Crippen LogP contribution in [0.4, 0.5) is 10.5 Å². The standard InChI is InChI=1S/C26H29N5O3/c1-17-12-20(4-5-22(17)30-26(32)28-2)34-24-6-9-29-23-14-25(19(15-27)13-21(23)24)33-16-18-7-10-31(3)11-8-18/h4-6,9,12-14,18H,7-8,10-11,16H2,1-3H3,(H2,28,30,32). The Morgan fingerprint density at radius 2 is 2.00 bits per heavy atom. The molecular weight excluding hydrogens is 430 g/mol. The molecule has 1 saturated heterocycles. The van der Waals surface area contributed by atoms with Gasteiger partial charge in [-0.1, -0.05) is 0 Å². The lowest BCUT2D eigenvalue weighted by Crippen LogP contribution is -2.32. The molecule has 0 unspecified atom stereocenters. The molecule has 2 aromatic carbocycles. The highest BCUT2D eigenvalue weighted by molar-refractivity contribution is 5.90. The summed E-state index contributed by atoms with van der Waals surface area (Å²) in [5.74, 6) is 2.26. The van der Waals surface area contributed by atoms with Crippen LogP contribution in [0.3, 0.4) is 0 Å². The minimum atomic E-state index is -0.283. The van der Waals surface area contributed by atoms with Crippen molar-refractivity contribution in [1.82, 2.24) is 15.2 Å². The number of benzene rings is 2. The van der Waals surface area contributed by atoms with Crippen molar-refractivity contribution in [2.45, 2.75) is 19.8 Å². The van der Waals surface area contributed by atoms with E-state index in [0.29, 0.717) is 46.5 Å². The molecule has 1 fully saturated rings. The highest BCUT2D eigenvalue weighted by Gasteiger charge is 2.19.